The minimum Gasteiger partial charge on any atom is -0.398 e. The fourth-order valence-corrected chi connectivity index (χ4v) is 1.40. The Balaban J connectivity index is 3.14. The van der Waals surface area contributed by atoms with E-state index in [4.69, 9.17) is 5.73 Å². The fraction of sp³-hybridized carbons (Fsp3) is 0.333. The number of benzene rings is 1. The Hall–Kier alpha value is -0.500. The fourth-order valence-electron chi connectivity index (χ4n) is 1.04. The summed E-state index contributed by atoms with van der Waals surface area (Å²) in [4.78, 5) is 0. The van der Waals surface area contributed by atoms with Crippen LogP contribution in [0.5, 0.6) is 0 Å². The summed E-state index contributed by atoms with van der Waals surface area (Å²) in [6.07, 6.45) is 0. The number of rotatable bonds is 1. The van der Waals surface area contributed by atoms with Crippen LogP contribution in [-0.4, -0.2) is 0 Å². The highest BCUT2D eigenvalue weighted by atomic mass is 79.9. The lowest BCUT2D eigenvalue weighted by atomic mass is 10.0. The molecule has 11 heavy (non-hydrogen) atoms. The van der Waals surface area contributed by atoms with Crippen LogP contribution in [0.2, 0.25) is 0 Å². The first-order chi connectivity index (χ1) is 5.02. The van der Waals surface area contributed by atoms with Gasteiger partial charge < -0.3 is 5.73 Å². The van der Waals surface area contributed by atoms with Crippen molar-refractivity contribution in [2.24, 2.45) is 0 Å². The number of anilines is 1. The third kappa shape index (κ3) is 1.96. The predicted molar refractivity (Wildman–Crippen MR) is 52.8 cm³/mol. The molecule has 0 saturated heterocycles. The predicted octanol–water partition coefficient (Wildman–Crippen LogP) is 2.90. The average molecular weight is 214 g/mol. The van der Waals surface area contributed by atoms with Crippen LogP contribution in [0, 0.1) is 0 Å². The minimum atomic E-state index is -0.0294. The second kappa shape index (κ2) is 2.86. The smallest absolute Gasteiger partial charge is 0.0470 e. The van der Waals surface area contributed by atoms with Crippen molar-refractivity contribution in [2.45, 2.75) is 18.2 Å². The van der Waals surface area contributed by atoms with Crippen molar-refractivity contribution in [1.82, 2.24) is 0 Å². The van der Waals surface area contributed by atoms with Gasteiger partial charge in [-0.15, -0.1) is 0 Å². The summed E-state index contributed by atoms with van der Waals surface area (Å²) in [5, 5.41) is 0. The summed E-state index contributed by atoms with van der Waals surface area (Å²) < 4.78 is -0.0294. The SMILES string of the molecule is CC(C)(Br)c1ccccc1N. The zero-order valence-corrected chi connectivity index (χ0v) is 8.35. The molecule has 0 atom stereocenters. The Kier molecular flexibility index (Phi) is 2.23. The Morgan fingerprint density at radius 1 is 1.27 bits per heavy atom. The molecule has 0 spiro atoms. The van der Waals surface area contributed by atoms with Gasteiger partial charge >= 0.3 is 0 Å². The van der Waals surface area contributed by atoms with Gasteiger partial charge in [0.25, 0.3) is 0 Å². The summed E-state index contributed by atoms with van der Waals surface area (Å²) >= 11 is 3.56. The van der Waals surface area contributed by atoms with Crippen LogP contribution < -0.4 is 5.73 Å². The second-order valence-corrected chi connectivity index (χ2v) is 5.04. The van der Waals surface area contributed by atoms with Crippen molar-refractivity contribution in [1.29, 1.82) is 0 Å². The van der Waals surface area contributed by atoms with E-state index >= 15 is 0 Å². The average Bonchev–Trinajstić information content (AvgIpc) is 1.86. The molecule has 0 amide bonds. The molecule has 60 valence electrons. The molecule has 2 N–H and O–H groups in total. The van der Waals surface area contributed by atoms with E-state index < -0.39 is 0 Å². The van der Waals surface area contributed by atoms with Crippen LogP contribution in [0.15, 0.2) is 24.3 Å². The molecule has 1 aromatic carbocycles. The molecule has 0 aliphatic carbocycles. The van der Waals surface area contributed by atoms with Crippen LogP contribution >= 0.6 is 15.9 Å². The molecule has 0 bridgehead atoms. The van der Waals surface area contributed by atoms with Gasteiger partial charge in [0.05, 0.1) is 0 Å². The number of nitrogen functional groups attached to an aromatic ring is 1. The number of para-hydroxylation sites is 1. The Bertz CT molecular complexity index is 250. The third-order valence-corrected chi connectivity index (χ3v) is 2.03. The summed E-state index contributed by atoms with van der Waals surface area (Å²) in [5.41, 5.74) is 7.76. The molecule has 1 nitrogen and oxygen atoms in total. The van der Waals surface area contributed by atoms with Gasteiger partial charge in [0.15, 0.2) is 0 Å². The summed E-state index contributed by atoms with van der Waals surface area (Å²) in [7, 11) is 0. The number of nitrogens with two attached hydrogens (primary N) is 1. The van der Waals surface area contributed by atoms with E-state index in [9.17, 15) is 0 Å². The lowest BCUT2D eigenvalue weighted by molar-refractivity contribution is 0.806. The molecule has 0 fully saturated rings. The molecule has 0 saturated carbocycles. The highest BCUT2D eigenvalue weighted by Gasteiger charge is 2.17. The van der Waals surface area contributed by atoms with Gasteiger partial charge in [0, 0.05) is 10.0 Å². The van der Waals surface area contributed by atoms with E-state index in [0.717, 1.165) is 11.3 Å². The van der Waals surface area contributed by atoms with E-state index in [2.05, 4.69) is 29.8 Å². The van der Waals surface area contributed by atoms with Gasteiger partial charge in [-0.2, -0.15) is 0 Å². The Morgan fingerprint density at radius 3 is 2.18 bits per heavy atom. The molecular weight excluding hydrogens is 202 g/mol. The third-order valence-electron chi connectivity index (χ3n) is 1.60. The topological polar surface area (TPSA) is 26.0 Å². The van der Waals surface area contributed by atoms with E-state index in [1.165, 1.54) is 0 Å². The van der Waals surface area contributed by atoms with E-state index in [0.29, 0.717) is 0 Å². The first kappa shape index (κ1) is 8.60. The normalized spacial score (nSPS) is 11.5. The first-order valence-electron chi connectivity index (χ1n) is 3.56. The number of halogens is 1. The molecular formula is C9H12BrN. The molecule has 1 rings (SSSR count). The van der Waals surface area contributed by atoms with Crippen molar-refractivity contribution in [2.75, 3.05) is 5.73 Å². The Morgan fingerprint density at radius 2 is 1.82 bits per heavy atom. The highest BCUT2D eigenvalue weighted by molar-refractivity contribution is 9.09. The quantitative estimate of drug-likeness (QED) is 0.564. The monoisotopic (exact) mass is 213 g/mol. The van der Waals surface area contributed by atoms with E-state index in [1.807, 2.05) is 24.3 Å². The number of alkyl halides is 1. The second-order valence-electron chi connectivity index (χ2n) is 3.06. The zero-order valence-electron chi connectivity index (χ0n) is 6.76. The van der Waals surface area contributed by atoms with Gasteiger partial charge in [0.1, 0.15) is 0 Å². The van der Waals surface area contributed by atoms with Crippen molar-refractivity contribution in [3.63, 3.8) is 0 Å². The molecule has 0 radical (unpaired) electrons. The standard InChI is InChI=1S/C9H12BrN/c1-9(2,10)7-5-3-4-6-8(7)11/h3-6H,11H2,1-2H3. The molecule has 0 aliphatic heterocycles. The van der Waals surface area contributed by atoms with Gasteiger partial charge in [-0.3, -0.25) is 0 Å². The van der Waals surface area contributed by atoms with E-state index in [-0.39, 0.29) is 4.32 Å². The lowest BCUT2D eigenvalue weighted by Crippen LogP contribution is -2.09. The van der Waals surface area contributed by atoms with Crippen molar-refractivity contribution < 1.29 is 0 Å². The molecule has 2 heteroatoms. The zero-order chi connectivity index (χ0) is 8.48. The Labute approximate surface area is 75.7 Å². The van der Waals surface area contributed by atoms with Crippen molar-refractivity contribution in [3.8, 4) is 0 Å². The molecule has 1 aromatic rings. The number of hydrogen-bond acceptors (Lipinski definition) is 1. The first-order valence-corrected chi connectivity index (χ1v) is 4.35. The van der Waals surface area contributed by atoms with Gasteiger partial charge in [-0.05, 0) is 25.5 Å². The summed E-state index contributed by atoms with van der Waals surface area (Å²) in [6, 6.07) is 7.88. The maximum Gasteiger partial charge on any atom is 0.0470 e. The molecule has 0 aliphatic rings. The molecule has 0 aromatic heterocycles. The van der Waals surface area contributed by atoms with Gasteiger partial charge in [-0.25, -0.2) is 0 Å². The maximum atomic E-state index is 5.78. The molecule has 0 heterocycles. The number of hydrogen-bond donors (Lipinski definition) is 1. The van der Waals surface area contributed by atoms with Gasteiger partial charge in [0.2, 0.25) is 0 Å². The minimum absolute atomic E-state index is 0.0294. The van der Waals surface area contributed by atoms with Crippen molar-refractivity contribution >= 4 is 21.6 Å². The van der Waals surface area contributed by atoms with Crippen LogP contribution in [-0.2, 0) is 4.32 Å². The van der Waals surface area contributed by atoms with Gasteiger partial charge in [-0.1, -0.05) is 34.1 Å². The van der Waals surface area contributed by atoms with E-state index in [1.54, 1.807) is 0 Å². The largest absolute Gasteiger partial charge is 0.398 e. The van der Waals surface area contributed by atoms with Crippen molar-refractivity contribution in [3.05, 3.63) is 29.8 Å². The van der Waals surface area contributed by atoms with Crippen LogP contribution in [0.4, 0.5) is 5.69 Å². The maximum absolute atomic E-state index is 5.78. The summed E-state index contributed by atoms with van der Waals surface area (Å²) in [6.45, 7) is 4.16. The lowest BCUT2D eigenvalue weighted by Gasteiger charge is -2.18. The van der Waals surface area contributed by atoms with Crippen LogP contribution in [0.3, 0.4) is 0 Å². The highest BCUT2D eigenvalue weighted by Crippen LogP contribution is 2.33. The molecule has 0 unspecified atom stereocenters. The summed E-state index contributed by atoms with van der Waals surface area (Å²) in [5.74, 6) is 0. The van der Waals surface area contributed by atoms with Crippen LogP contribution in [0.25, 0.3) is 0 Å². The van der Waals surface area contributed by atoms with Crippen LogP contribution in [0.1, 0.15) is 19.4 Å².